The van der Waals surface area contributed by atoms with Crippen molar-refractivity contribution < 1.29 is 69.1 Å². The average molecular weight is 862 g/mol. The Labute approximate surface area is 353 Å². The summed E-state index contributed by atoms with van der Waals surface area (Å²) in [6.45, 7) is 13.6. The number of ketones is 1. The maximum absolute atomic E-state index is 12.0. The van der Waals surface area contributed by atoms with Crippen LogP contribution in [0.15, 0.2) is 70.4 Å². The molecular weight excluding hydrogens is 806 g/mol. The van der Waals surface area contributed by atoms with Crippen LogP contribution in [0.5, 0.6) is 6.01 Å². The van der Waals surface area contributed by atoms with Gasteiger partial charge in [0.25, 0.3) is 0 Å². The third-order valence-electron chi connectivity index (χ3n) is 13.6. The van der Waals surface area contributed by atoms with E-state index in [4.69, 9.17) is 34.6 Å². The van der Waals surface area contributed by atoms with Crippen molar-refractivity contribution in [3.8, 4) is 6.01 Å². The fraction of sp³-hybridized carbons (Fsp3) is 0.595. The first-order chi connectivity index (χ1) is 27.8. The highest BCUT2D eigenvalue weighted by atomic mass is 35.5. The molecule has 1 aromatic heterocycles. The number of carbonyl (C=O) groups is 3. The lowest BCUT2D eigenvalue weighted by Gasteiger charge is -2.59. The number of Topliss-reactive ketones (excluding diaryl/α,β-unsaturated/α-hetero) is 1. The second kappa shape index (κ2) is 17.9. The van der Waals surface area contributed by atoms with Gasteiger partial charge in [-0.15, -0.1) is 12.4 Å². The summed E-state index contributed by atoms with van der Waals surface area (Å²) in [4.78, 5) is 38.7. The quantitative estimate of drug-likeness (QED) is 0.0915. The highest BCUT2D eigenvalue weighted by molar-refractivity contribution is 6.26. The van der Waals surface area contributed by atoms with Crippen molar-refractivity contribution in [2.75, 3.05) is 19.8 Å². The summed E-state index contributed by atoms with van der Waals surface area (Å²) in [6, 6.07) is 1.77. The molecule has 0 radical (unpaired) electrons. The minimum Gasteiger partial charge on any atom is -0.507 e. The Bertz CT molecular complexity index is 2080. The van der Waals surface area contributed by atoms with E-state index in [1.165, 1.54) is 12.3 Å². The molecule has 4 fully saturated rings. The van der Waals surface area contributed by atoms with E-state index in [0.717, 1.165) is 24.8 Å². The minimum atomic E-state index is -1.43. The van der Waals surface area contributed by atoms with Gasteiger partial charge < -0.3 is 54.7 Å². The topological polar surface area (TPSA) is 271 Å². The molecule has 0 amide bonds. The van der Waals surface area contributed by atoms with Crippen LogP contribution in [0.1, 0.15) is 73.0 Å². The van der Waals surface area contributed by atoms with E-state index in [2.05, 4.69) is 18.5 Å². The number of nitrogens with one attached hydrogen (secondary N) is 1. The monoisotopic (exact) mass is 861 g/mol. The number of esters is 1. The number of rotatable bonds is 5. The molecule has 2 unspecified atom stereocenters. The van der Waals surface area contributed by atoms with Crippen molar-refractivity contribution in [2.45, 2.75) is 110 Å². The van der Waals surface area contributed by atoms with Gasteiger partial charge in [0.2, 0.25) is 5.78 Å². The lowest BCUT2D eigenvalue weighted by molar-refractivity contribution is -0.151. The molecule has 1 aromatic rings. The van der Waals surface area contributed by atoms with E-state index in [0.29, 0.717) is 29.6 Å². The molecule has 7 aliphatic rings. The summed E-state index contributed by atoms with van der Waals surface area (Å²) in [5.74, 6) is -2.72. The fourth-order valence-corrected chi connectivity index (χ4v) is 9.91. The number of aliphatic carboxylic acids is 1. The number of aliphatic hydroxyl groups is 6. The largest absolute Gasteiger partial charge is 0.507 e. The Morgan fingerprint density at radius 3 is 2.47 bits per heavy atom. The van der Waals surface area contributed by atoms with E-state index < -0.39 is 71.2 Å². The molecule has 2 saturated carbocycles. The molecule has 5 heterocycles. The predicted octanol–water partition coefficient (Wildman–Crippen LogP) is 2.48. The number of carboxylic acid groups (broad SMARTS) is 1. The first-order valence-corrected chi connectivity index (χ1v) is 19.9. The number of hydrogen-bond acceptors (Lipinski definition) is 15. The minimum absolute atomic E-state index is 0. The SMILES string of the molecule is C=C1CC[C@@H]2C(C)(CO)[C@H](O)CC[C@@]2(C)[C@@H]1C/C=C1/C(=O)OCC1O.CC1=C2C(=CO[C@H](C)[C@H]2C)C(=O)C(C(=O)O)=C1O.Cl.N=c1ccn2c(n1)O[C@H]1[C@H](O)[C@@H](CO)O[C@H]12. The van der Waals surface area contributed by atoms with Crippen LogP contribution in [0.4, 0.5) is 0 Å². The zero-order valence-electron chi connectivity index (χ0n) is 34.2. The first kappa shape index (κ1) is 46.7. The van der Waals surface area contributed by atoms with Gasteiger partial charge in [0.15, 0.2) is 17.8 Å². The molecule has 17 nitrogen and oxygen atoms in total. The highest BCUT2D eigenvalue weighted by Crippen LogP contribution is 2.61. The summed E-state index contributed by atoms with van der Waals surface area (Å²) < 4.78 is 22.7. The van der Waals surface area contributed by atoms with Gasteiger partial charge in [-0.25, -0.2) is 9.59 Å². The van der Waals surface area contributed by atoms with Crippen molar-refractivity contribution in [2.24, 2.45) is 28.6 Å². The highest BCUT2D eigenvalue weighted by Gasteiger charge is 2.57. The van der Waals surface area contributed by atoms with Gasteiger partial charge in [-0.1, -0.05) is 39.0 Å². The van der Waals surface area contributed by atoms with Crippen LogP contribution in [0.25, 0.3) is 0 Å². The van der Waals surface area contributed by atoms with Gasteiger partial charge in [0, 0.05) is 17.5 Å². The van der Waals surface area contributed by atoms with E-state index in [-0.39, 0.29) is 78.6 Å². The van der Waals surface area contributed by atoms with Crippen molar-refractivity contribution in [3.63, 3.8) is 0 Å². The van der Waals surface area contributed by atoms with E-state index in [1.54, 1.807) is 17.7 Å². The number of aliphatic hydroxyl groups excluding tert-OH is 6. The number of fused-ring (bicyclic) bond motifs is 5. The lowest BCUT2D eigenvalue weighted by atomic mass is 9.46. The number of halogens is 1. The number of allylic oxidation sites excluding steroid dienone is 4. The molecule has 3 aliphatic carbocycles. The summed E-state index contributed by atoms with van der Waals surface area (Å²) in [6.07, 6.45) is 4.66. The maximum Gasteiger partial charge on any atom is 0.343 e. The number of hydrogen-bond donors (Lipinski definition) is 8. The number of cyclic esters (lactones) is 1. The standard InChI is InChI=1S/C20H30O5.C13H14O5.C9H11N3O4.ClH/c1-12-4-7-16-19(2,9-8-17(23)20(16,3)11-21)14(12)6-5-13-15(22)10-25-18(13)24;1-5-7(3)18-4-8-9(5)6(2)11(14)10(12(8)15)13(16)17;10-5-1-2-12-8-7(16-9(12)11-5)6(14)4(3-13)15-8;/h5,14-17,21-23H,1,4,6-11H2,2-3H3;4-5,7,14H,1-3H3,(H,16,17);1-2,4,6-8,10,13-14H,3H2;1H/b13-5+;;;/t14-,15?,16+,17-,19+,20?;5-,7-;4-,6-,7+,8-;/m111./s1. The van der Waals surface area contributed by atoms with Gasteiger partial charge in [0.1, 0.15) is 42.4 Å². The molecule has 0 bridgehead atoms. The van der Waals surface area contributed by atoms with Crippen LogP contribution >= 0.6 is 12.4 Å². The van der Waals surface area contributed by atoms with Gasteiger partial charge in [-0.2, -0.15) is 4.98 Å². The molecular formula is C42H56ClN3O14. The van der Waals surface area contributed by atoms with Crippen molar-refractivity contribution in [3.05, 3.63) is 75.9 Å². The summed E-state index contributed by atoms with van der Waals surface area (Å²) in [5.41, 5.74) is 1.75. The molecule has 0 spiro atoms. The molecule has 8 rings (SSSR count). The summed E-state index contributed by atoms with van der Waals surface area (Å²) in [7, 11) is 0. The molecule has 2 saturated heterocycles. The zero-order valence-corrected chi connectivity index (χ0v) is 35.1. The first-order valence-electron chi connectivity index (χ1n) is 19.9. The number of nitrogens with zero attached hydrogens (tertiary/aromatic N) is 2. The fourth-order valence-electron chi connectivity index (χ4n) is 9.91. The maximum atomic E-state index is 12.0. The third-order valence-corrected chi connectivity index (χ3v) is 13.6. The van der Waals surface area contributed by atoms with Gasteiger partial charge in [0.05, 0.1) is 36.7 Å². The van der Waals surface area contributed by atoms with Crippen LogP contribution in [0.3, 0.4) is 0 Å². The van der Waals surface area contributed by atoms with Gasteiger partial charge >= 0.3 is 17.9 Å². The van der Waals surface area contributed by atoms with Crippen LogP contribution < -0.4 is 10.2 Å². The lowest BCUT2D eigenvalue weighted by Crippen LogP contribution is -2.57. The summed E-state index contributed by atoms with van der Waals surface area (Å²) in [5, 5.41) is 75.4. The number of carboxylic acids is 1. The van der Waals surface area contributed by atoms with Crippen LogP contribution in [-0.4, -0.2) is 119 Å². The Balaban J connectivity index is 0.000000174. The Hall–Kier alpha value is -4.36. The molecule has 4 aliphatic heterocycles. The van der Waals surface area contributed by atoms with Crippen molar-refractivity contribution >= 4 is 30.1 Å². The smallest absolute Gasteiger partial charge is 0.343 e. The molecule has 330 valence electrons. The molecule has 8 N–H and O–H groups in total. The third kappa shape index (κ3) is 8.08. The van der Waals surface area contributed by atoms with E-state index in [9.17, 15) is 39.9 Å². The number of ether oxygens (including phenoxy) is 4. The van der Waals surface area contributed by atoms with Gasteiger partial charge in [-0.3, -0.25) is 14.8 Å². The van der Waals surface area contributed by atoms with Crippen LogP contribution in [0.2, 0.25) is 0 Å². The normalized spacial score (nSPS) is 37.1. The molecule has 12 atom stereocenters. The second-order valence-electron chi connectivity index (χ2n) is 16.9. The molecule has 0 aromatic carbocycles. The van der Waals surface area contributed by atoms with Crippen molar-refractivity contribution in [1.29, 1.82) is 5.41 Å². The Morgan fingerprint density at radius 2 is 1.85 bits per heavy atom. The van der Waals surface area contributed by atoms with Crippen LogP contribution in [-0.2, 0) is 28.6 Å². The zero-order chi connectivity index (χ0) is 43.3. The van der Waals surface area contributed by atoms with Gasteiger partial charge in [-0.05, 0) is 80.4 Å². The second-order valence-corrected chi connectivity index (χ2v) is 16.9. The number of carbonyl (C=O) groups excluding carboxylic acids is 2. The molecule has 18 heteroatoms. The van der Waals surface area contributed by atoms with E-state index >= 15 is 0 Å². The van der Waals surface area contributed by atoms with Crippen LogP contribution in [0, 0.1) is 34.0 Å². The van der Waals surface area contributed by atoms with Crippen molar-refractivity contribution in [1.82, 2.24) is 9.55 Å². The Kier molecular flexibility index (Phi) is 14.0. The number of aromatic nitrogens is 2. The van der Waals surface area contributed by atoms with E-state index in [1.807, 2.05) is 26.8 Å². The predicted molar refractivity (Wildman–Crippen MR) is 213 cm³/mol. The summed E-state index contributed by atoms with van der Waals surface area (Å²) >= 11 is 0. The molecule has 60 heavy (non-hydrogen) atoms. The average Bonchev–Trinajstić information content (AvgIpc) is 3.83. The Morgan fingerprint density at radius 1 is 1.15 bits per heavy atom.